The zero-order valence-electron chi connectivity index (χ0n) is 15.7. The molecule has 1 aromatic carbocycles. The molecule has 136 valence electrons. The van der Waals surface area contributed by atoms with Crippen LogP contribution in [0.4, 0.5) is 5.69 Å². The van der Waals surface area contributed by atoms with Gasteiger partial charge in [0.1, 0.15) is 0 Å². The standard InChI is InChI=1S/C22H27N3O/c1-16-14-17(2)23-20(16)15-19-18-8-4-5-9-21(18)25(22(19)26)13-12-24-10-6-3-7-11-24/h4-5,8-9,14-15,23H,3,6-7,10-13H2,1-2H3/b19-15-. The highest BCUT2D eigenvalue weighted by atomic mass is 16.2. The summed E-state index contributed by atoms with van der Waals surface area (Å²) in [5, 5.41) is 0. The highest BCUT2D eigenvalue weighted by Crippen LogP contribution is 2.37. The van der Waals surface area contributed by atoms with E-state index < -0.39 is 0 Å². The number of nitrogens with zero attached hydrogens (tertiary/aromatic N) is 2. The maximum absolute atomic E-state index is 13.2. The van der Waals surface area contributed by atoms with Gasteiger partial charge in [0.15, 0.2) is 0 Å². The summed E-state index contributed by atoms with van der Waals surface area (Å²) in [5.41, 5.74) is 6.20. The van der Waals surface area contributed by atoms with Crippen LogP contribution in [0, 0.1) is 13.8 Å². The van der Waals surface area contributed by atoms with E-state index in [-0.39, 0.29) is 5.91 Å². The minimum Gasteiger partial charge on any atom is -0.359 e. The lowest BCUT2D eigenvalue weighted by atomic mass is 10.1. The van der Waals surface area contributed by atoms with Gasteiger partial charge in [-0.1, -0.05) is 24.6 Å². The number of piperidine rings is 1. The van der Waals surface area contributed by atoms with Crippen molar-refractivity contribution in [2.24, 2.45) is 0 Å². The number of benzene rings is 1. The van der Waals surface area contributed by atoms with Gasteiger partial charge >= 0.3 is 0 Å². The number of amides is 1. The highest BCUT2D eigenvalue weighted by Gasteiger charge is 2.32. The molecule has 1 N–H and O–H groups in total. The molecule has 0 aliphatic carbocycles. The third-order valence-corrected chi connectivity index (χ3v) is 5.53. The minimum atomic E-state index is 0.120. The smallest absolute Gasteiger partial charge is 0.259 e. The Morgan fingerprint density at radius 2 is 1.85 bits per heavy atom. The van der Waals surface area contributed by atoms with Crippen molar-refractivity contribution in [3.8, 4) is 0 Å². The first-order chi connectivity index (χ1) is 12.6. The quantitative estimate of drug-likeness (QED) is 0.847. The van der Waals surface area contributed by atoms with Crippen LogP contribution in [0.2, 0.25) is 0 Å². The van der Waals surface area contributed by atoms with Gasteiger partial charge in [-0.25, -0.2) is 0 Å². The Morgan fingerprint density at radius 1 is 1.08 bits per heavy atom. The minimum absolute atomic E-state index is 0.120. The average Bonchev–Trinajstić information content (AvgIpc) is 3.11. The fourth-order valence-corrected chi connectivity index (χ4v) is 4.14. The van der Waals surface area contributed by atoms with E-state index in [1.54, 1.807) is 0 Å². The van der Waals surface area contributed by atoms with Gasteiger partial charge in [0, 0.05) is 30.0 Å². The fraction of sp³-hybridized carbons (Fsp3) is 0.409. The first-order valence-corrected chi connectivity index (χ1v) is 9.65. The predicted molar refractivity (Wildman–Crippen MR) is 107 cm³/mol. The van der Waals surface area contributed by atoms with Gasteiger partial charge in [-0.15, -0.1) is 0 Å². The molecule has 26 heavy (non-hydrogen) atoms. The summed E-state index contributed by atoms with van der Waals surface area (Å²) in [4.78, 5) is 21.0. The van der Waals surface area contributed by atoms with Crippen LogP contribution in [0.15, 0.2) is 30.3 Å². The first kappa shape index (κ1) is 17.1. The second-order valence-electron chi connectivity index (χ2n) is 7.48. The number of carbonyl (C=O) groups excluding carboxylic acids is 1. The molecule has 2 aromatic rings. The molecule has 4 heteroatoms. The summed E-state index contributed by atoms with van der Waals surface area (Å²) >= 11 is 0. The number of anilines is 1. The Balaban J connectivity index is 1.61. The van der Waals surface area contributed by atoms with E-state index in [0.717, 1.165) is 54.4 Å². The second kappa shape index (κ2) is 7.12. The summed E-state index contributed by atoms with van der Waals surface area (Å²) in [6, 6.07) is 10.3. The van der Waals surface area contributed by atoms with Crippen molar-refractivity contribution >= 4 is 23.2 Å². The lowest BCUT2D eigenvalue weighted by Gasteiger charge is -2.28. The van der Waals surface area contributed by atoms with Crippen molar-refractivity contribution in [1.29, 1.82) is 0 Å². The SMILES string of the molecule is Cc1cc(C)c(/C=C2\C(=O)N(CCN3CCCCC3)c3ccccc32)[nH]1. The highest BCUT2D eigenvalue weighted by molar-refractivity contribution is 6.35. The van der Waals surface area contributed by atoms with Crippen LogP contribution in [-0.2, 0) is 4.79 Å². The number of hydrogen-bond donors (Lipinski definition) is 1. The Morgan fingerprint density at radius 3 is 2.58 bits per heavy atom. The number of likely N-dealkylation sites (tertiary alicyclic amines) is 1. The zero-order chi connectivity index (χ0) is 18.1. The maximum atomic E-state index is 13.2. The Bertz CT molecular complexity index is 843. The predicted octanol–water partition coefficient (Wildman–Crippen LogP) is 4.00. The van der Waals surface area contributed by atoms with Crippen molar-refractivity contribution < 1.29 is 4.79 Å². The molecular weight excluding hydrogens is 322 g/mol. The molecule has 0 saturated carbocycles. The first-order valence-electron chi connectivity index (χ1n) is 9.65. The monoisotopic (exact) mass is 349 g/mol. The van der Waals surface area contributed by atoms with E-state index in [1.165, 1.54) is 24.8 Å². The summed E-state index contributed by atoms with van der Waals surface area (Å²) in [7, 11) is 0. The van der Waals surface area contributed by atoms with Crippen molar-refractivity contribution in [2.45, 2.75) is 33.1 Å². The molecule has 0 radical (unpaired) electrons. The molecule has 4 rings (SSSR count). The Hall–Kier alpha value is -2.33. The number of para-hydroxylation sites is 1. The summed E-state index contributed by atoms with van der Waals surface area (Å²) in [6.07, 6.45) is 5.91. The lowest BCUT2D eigenvalue weighted by molar-refractivity contribution is -0.113. The van der Waals surface area contributed by atoms with Crippen molar-refractivity contribution in [2.75, 3.05) is 31.1 Å². The molecule has 1 saturated heterocycles. The zero-order valence-corrected chi connectivity index (χ0v) is 15.7. The van der Waals surface area contributed by atoms with Crippen molar-refractivity contribution in [1.82, 2.24) is 9.88 Å². The molecular formula is C22H27N3O. The second-order valence-corrected chi connectivity index (χ2v) is 7.48. The number of aromatic amines is 1. The number of carbonyl (C=O) groups is 1. The molecule has 1 fully saturated rings. The van der Waals surface area contributed by atoms with Crippen LogP contribution in [-0.4, -0.2) is 42.0 Å². The molecule has 4 nitrogen and oxygen atoms in total. The van der Waals surface area contributed by atoms with Crippen LogP contribution >= 0.6 is 0 Å². The summed E-state index contributed by atoms with van der Waals surface area (Å²) in [5.74, 6) is 0.120. The molecule has 0 unspecified atom stereocenters. The number of nitrogens with one attached hydrogen (secondary N) is 1. The molecule has 2 aliphatic rings. The normalized spacial score (nSPS) is 19.4. The van der Waals surface area contributed by atoms with Gasteiger partial charge in [-0.2, -0.15) is 0 Å². The van der Waals surface area contributed by atoms with Gasteiger partial charge in [0.2, 0.25) is 0 Å². The van der Waals surface area contributed by atoms with E-state index in [1.807, 2.05) is 30.0 Å². The lowest BCUT2D eigenvalue weighted by Crippen LogP contribution is -2.39. The van der Waals surface area contributed by atoms with Gasteiger partial charge < -0.3 is 14.8 Å². The molecule has 1 amide bonds. The number of fused-ring (bicyclic) bond motifs is 1. The molecule has 0 atom stereocenters. The van der Waals surface area contributed by atoms with Crippen LogP contribution in [0.1, 0.15) is 41.8 Å². The van der Waals surface area contributed by atoms with E-state index in [0.29, 0.717) is 0 Å². The third-order valence-electron chi connectivity index (χ3n) is 5.53. The number of H-pyrrole nitrogens is 1. The number of aryl methyl sites for hydroxylation is 2. The van der Waals surface area contributed by atoms with Gasteiger partial charge in [-0.3, -0.25) is 4.79 Å². The van der Waals surface area contributed by atoms with E-state index in [4.69, 9.17) is 0 Å². The van der Waals surface area contributed by atoms with Gasteiger partial charge in [-0.05, 0) is 63.6 Å². The topological polar surface area (TPSA) is 39.3 Å². The average molecular weight is 349 g/mol. The van der Waals surface area contributed by atoms with Crippen LogP contribution in [0.3, 0.4) is 0 Å². The van der Waals surface area contributed by atoms with Crippen molar-refractivity contribution in [3.63, 3.8) is 0 Å². The molecule has 0 bridgehead atoms. The number of hydrogen-bond acceptors (Lipinski definition) is 2. The Kier molecular flexibility index (Phi) is 4.68. The number of rotatable bonds is 4. The molecule has 3 heterocycles. The maximum Gasteiger partial charge on any atom is 0.259 e. The van der Waals surface area contributed by atoms with Crippen LogP contribution in [0.25, 0.3) is 11.6 Å². The Labute approximate surface area is 155 Å². The van der Waals surface area contributed by atoms with Gasteiger partial charge in [0.25, 0.3) is 5.91 Å². The fourth-order valence-electron chi connectivity index (χ4n) is 4.14. The third kappa shape index (κ3) is 3.21. The molecule has 2 aliphatic heterocycles. The summed E-state index contributed by atoms with van der Waals surface area (Å²) < 4.78 is 0. The van der Waals surface area contributed by atoms with E-state index in [9.17, 15) is 4.79 Å². The number of aromatic nitrogens is 1. The summed E-state index contributed by atoms with van der Waals surface area (Å²) in [6.45, 7) is 8.16. The van der Waals surface area contributed by atoms with E-state index >= 15 is 0 Å². The van der Waals surface area contributed by atoms with Gasteiger partial charge in [0.05, 0.1) is 11.3 Å². The van der Waals surface area contributed by atoms with Crippen molar-refractivity contribution in [3.05, 3.63) is 52.8 Å². The van der Waals surface area contributed by atoms with E-state index in [2.05, 4.69) is 35.0 Å². The largest absolute Gasteiger partial charge is 0.359 e. The van der Waals surface area contributed by atoms with Crippen LogP contribution < -0.4 is 4.90 Å². The molecule has 0 spiro atoms. The van der Waals surface area contributed by atoms with Crippen LogP contribution in [0.5, 0.6) is 0 Å². The molecule has 1 aromatic heterocycles.